The molecule has 1 saturated heterocycles. The van der Waals surface area contributed by atoms with Crippen LogP contribution < -0.4 is 15.5 Å². The zero-order chi connectivity index (χ0) is 16.8. The topological polar surface area (TPSA) is 70.2 Å². The molecule has 128 valence electrons. The lowest BCUT2D eigenvalue weighted by atomic mass is 10.1. The van der Waals surface area contributed by atoms with E-state index in [9.17, 15) is 4.79 Å². The van der Waals surface area contributed by atoms with E-state index in [4.69, 9.17) is 0 Å². The van der Waals surface area contributed by atoms with E-state index in [1.165, 1.54) is 5.56 Å². The average molecular weight is 345 g/mol. The molecule has 0 unspecified atom stereocenters. The number of carbonyl (C=O) groups excluding carboxylic acids is 1. The highest BCUT2D eigenvalue weighted by Crippen LogP contribution is 2.21. The fraction of sp³-hybridized carbons (Fsp3) is 0.471. The molecule has 0 radical (unpaired) electrons. The van der Waals surface area contributed by atoms with Gasteiger partial charge in [-0.1, -0.05) is 6.92 Å². The maximum atomic E-state index is 12.1. The zero-order valence-electron chi connectivity index (χ0n) is 13.9. The summed E-state index contributed by atoms with van der Waals surface area (Å²) in [5, 5.41) is 9.03. The van der Waals surface area contributed by atoms with Crippen LogP contribution >= 0.6 is 11.3 Å². The van der Waals surface area contributed by atoms with Crippen LogP contribution in [0.1, 0.15) is 31.0 Å². The van der Waals surface area contributed by atoms with Crippen molar-refractivity contribution in [2.75, 3.05) is 18.0 Å². The first-order chi connectivity index (χ1) is 11.7. The number of aromatic nitrogens is 2. The summed E-state index contributed by atoms with van der Waals surface area (Å²) in [6.45, 7) is 4.42. The highest BCUT2D eigenvalue weighted by Gasteiger charge is 2.21. The molecule has 24 heavy (non-hydrogen) atoms. The van der Waals surface area contributed by atoms with Crippen molar-refractivity contribution in [3.05, 3.63) is 41.2 Å². The van der Waals surface area contributed by atoms with Crippen molar-refractivity contribution in [3.63, 3.8) is 0 Å². The van der Waals surface area contributed by atoms with E-state index in [1.807, 2.05) is 23.7 Å². The minimum atomic E-state index is -0.119. The molecule has 0 saturated carbocycles. The van der Waals surface area contributed by atoms with Gasteiger partial charge in [0.2, 0.25) is 0 Å². The molecule has 2 N–H and O–H groups in total. The molecular formula is C17H23N5OS. The summed E-state index contributed by atoms with van der Waals surface area (Å²) in [7, 11) is 0. The van der Waals surface area contributed by atoms with Crippen LogP contribution in [0.4, 0.5) is 9.93 Å². The Kier molecular flexibility index (Phi) is 5.63. The van der Waals surface area contributed by atoms with E-state index in [0.717, 1.165) is 43.2 Å². The predicted molar refractivity (Wildman–Crippen MR) is 96.3 cm³/mol. The Morgan fingerprint density at radius 3 is 2.88 bits per heavy atom. The maximum absolute atomic E-state index is 12.1. The summed E-state index contributed by atoms with van der Waals surface area (Å²) < 4.78 is 0. The average Bonchev–Trinajstić information content (AvgIpc) is 3.15. The van der Waals surface area contributed by atoms with Crippen LogP contribution in [0.25, 0.3) is 0 Å². The second kappa shape index (κ2) is 8.10. The van der Waals surface area contributed by atoms with Gasteiger partial charge in [-0.05, 0) is 37.0 Å². The minimum absolute atomic E-state index is 0.119. The summed E-state index contributed by atoms with van der Waals surface area (Å²) in [4.78, 5) is 23.0. The van der Waals surface area contributed by atoms with Gasteiger partial charge >= 0.3 is 6.03 Å². The smallest absolute Gasteiger partial charge is 0.315 e. The highest BCUT2D eigenvalue weighted by atomic mass is 32.1. The first-order valence-corrected chi connectivity index (χ1v) is 9.25. The van der Waals surface area contributed by atoms with E-state index in [-0.39, 0.29) is 12.1 Å². The van der Waals surface area contributed by atoms with Crippen LogP contribution in [0.2, 0.25) is 0 Å². The number of amides is 2. The Labute approximate surface area is 146 Å². The quantitative estimate of drug-likeness (QED) is 0.874. The lowest BCUT2D eigenvalue weighted by Gasteiger charge is -2.32. The van der Waals surface area contributed by atoms with Crippen molar-refractivity contribution in [2.45, 2.75) is 38.8 Å². The molecule has 2 amide bonds. The molecule has 1 fully saturated rings. The number of thiazole rings is 1. The summed E-state index contributed by atoms with van der Waals surface area (Å²) >= 11 is 1.66. The third-order valence-corrected chi connectivity index (χ3v) is 5.07. The maximum Gasteiger partial charge on any atom is 0.315 e. The Morgan fingerprint density at radius 2 is 2.17 bits per heavy atom. The first-order valence-electron chi connectivity index (χ1n) is 8.37. The molecule has 2 aromatic heterocycles. The number of hydrogen-bond acceptors (Lipinski definition) is 5. The molecular weight excluding hydrogens is 322 g/mol. The molecule has 0 aromatic carbocycles. The first kappa shape index (κ1) is 16.7. The predicted octanol–water partition coefficient (Wildman–Crippen LogP) is 2.57. The van der Waals surface area contributed by atoms with Gasteiger partial charge in [0.05, 0.1) is 12.2 Å². The molecule has 2 aromatic rings. The largest absolute Gasteiger partial charge is 0.348 e. The number of hydrogen-bond donors (Lipinski definition) is 2. The molecule has 0 spiro atoms. The van der Waals surface area contributed by atoms with Crippen molar-refractivity contribution in [2.24, 2.45) is 0 Å². The van der Waals surface area contributed by atoms with Gasteiger partial charge in [-0.15, -0.1) is 11.3 Å². The summed E-state index contributed by atoms with van der Waals surface area (Å²) in [5.41, 5.74) is 2.12. The van der Waals surface area contributed by atoms with E-state index in [2.05, 4.69) is 32.4 Å². The number of anilines is 1. The minimum Gasteiger partial charge on any atom is -0.348 e. The monoisotopic (exact) mass is 345 g/mol. The van der Waals surface area contributed by atoms with Gasteiger partial charge in [0, 0.05) is 36.9 Å². The Bertz CT molecular complexity index is 653. The summed E-state index contributed by atoms with van der Waals surface area (Å²) in [6, 6.07) is 4.13. The van der Waals surface area contributed by atoms with Crippen molar-refractivity contribution >= 4 is 22.5 Å². The van der Waals surface area contributed by atoms with E-state index >= 15 is 0 Å². The molecule has 3 rings (SSSR count). The highest BCUT2D eigenvalue weighted by molar-refractivity contribution is 7.13. The number of pyridine rings is 1. The van der Waals surface area contributed by atoms with Crippen LogP contribution in [-0.4, -0.2) is 35.1 Å². The third kappa shape index (κ3) is 4.44. The second-order valence-corrected chi connectivity index (χ2v) is 6.79. The Hall–Kier alpha value is -2.15. The molecule has 0 aliphatic carbocycles. The van der Waals surface area contributed by atoms with Gasteiger partial charge < -0.3 is 15.5 Å². The molecule has 0 atom stereocenters. The van der Waals surface area contributed by atoms with E-state index < -0.39 is 0 Å². The number of rotatable bonds is 5. The van der Waals surface area contributed by atoms with Crippen molar-refractivity contribution in [1.29, 1.82) is 0 Å². The Morgan fingerprint density at radius 1 is 1.33 bits per heavy atom. The number of aryl methyl sites for hydroxylation is 1. The number of piperidine rings is 1. The number of nitrogens with one attached hydrogen (secondary N) is 2. The van der Waals surface area contributed by atoms with Gasteiger partial charge in [-0.25, -0.2) is 9.78 Å². The van der Waals surface area contributed by atoms with Crippen molar-refractivity contribution < 1.29 is 4.79 Å². The lowest BCUT2D eigenvalue weighted by Crippen LogP contribution is -2.47. The molecule has 1 aliphatic rings. The van der Waals surface area contributed by atoms with Gasteiger partial charge in [-0.2, -0.15) is 0 Å². The lowest BCUT2D eigenvalue weighted by molar-refractivity contribution is 0.234. The van der Waals surface area contributed by atoms with Crippen LogP contribution in [-0.2, 0) is 13.0 Å². The summed E-state index contributed by atoms with van der Waals surface area (Å²) in [5.74, 6) is 0. The number of nitrogens with zero attached hydrogens (tertiary/aromatic N) is 3. The molecule has 3 heterocycles. The Balaban J connectivity index is 1.41. The van der Waals surface area contributed by atoms with Gasteiger partial charge in [0.1, 0.15) is 0 Å². The van der Waals surface area contributed by atoms with Gasteiger partial charge in [0.25, 0.3) is 0 Å². The van der Waals surface area contributed by atoms with Gasteiger partial charge in [-0.3, -0.25) is 4.98 Å². The molecule has 7 heteroatoms. The fourth-order valence-electron chi connectivity index (χ4n) is 2.84. The van der Waals surface area contributed by atoms with Crippen molar-refractivity contribution in [3.8, 4) is 0 Å². The second-order valence-electron chi connectivity index (χ2n) is 5.91. The SMILES string of the molecule is CCc1ccnc(CNC(=O)NC2CCN(c3nccs3)CC2)c1. The van der Waals surface area contributed by atoms with Crippen LogP contribution in [0.3, 0.4) is 0 Å². The summed E-state index contributed by atoms with van der Waals surface area (Å²) in [6.07, 6.45) is 6.48. The van der Waals surface area contributed by atoms with Crippen LogP contribution in [0, 0.1) is 0 Å². The van der Waals surface area contributed by atoms with Crippen LogP contribution in [0.15, 0.2) is 29.9 Å². The van der Waals surface area contributed by atoms with Crippen molar-refractivity contribution in [1.82, 2.24) is 20.6 Å². The van der Waals surface area contributed by atoms with E-state index in [0.29, 0.717) is 6.54 Å². The number of carbonyl (C=O) groups is 1. The van der Waals surface area contributed by atoms with Gasteiger partial charge in [0.15, 0.2) is 5.13 Å². The normalized spacial score (nSPS) is 15.3. The van der Waals surface area contributed by atoms with E-state index in [1.54, 1.807) is 17.5 Å². The van der Waals surface area contributed by atoms with Crippen LogP contribution in [0.5, 0.6) is 0 Å². The third-order valence-electron chi connectivity index (χ3n) is 4.24. The zero-order valence-corrected chi connectivity index (χ0v) is 14.7. The molecule has 1 aliphatic heterocycles. The number of urea groups is 1. The molecule has 6 nitrogen and oxygen atoms in total. The standard InChI is InChI=1S/C17H23N5OS/c1-2-13-3-6-18-15(11-13)12-20-16(23)21-14-4-8-22(9-5-14)17-19-7-10-24-17/h3,6-7,10-11,14H,2,4-5,8-9,12H2,1H3,(H2,20,21,23). The molecule has 0 bridgehead atoms. The fourth-order valence-corrected chi connectivity index (χ4v) is 3.54.